The summed E-state index contributed by atoms with van der Waals surface area (Å²) < 4.78 is 5.87. The number of anilines is 1. The molecule has 0 aromatic heterocycles. The number of carbonyl (C=O) groups excluding carboxylic acids is 2. The number of benzene rings is 1. The number of rotatable bonds is 4. The Morgan fingerprint density at radius 3 is 2.48 bits per heavy atom. The topological polar surface area (TPSA) is 85.7 Å². The molecule has 25 heavy (non-hydrogen) atoms. The molecule has 7 nitrogen and oxygen atoms in total. The van der Waals surface area contributed by atoms with Crippen molar-refractivity contribution in [2.75, 3.05) is 38.1 Å². The molecule has 0 aliphatic carbocycles. The minimum atomic E-state index is -0.461. The fraction of sp³-hybridized carbons (Fsp3) is 0.353. The van der Waals surface area contributed by atoms with Gasteiger partial charge in [-0.05, 0) is 31.2 Å². The summed E-state index contributed by atoms with van der Waals surface area (Å²) in [7, 11) is 0. The van der Waals surface area contributed by atoms with Gasteiger partial charge in [0.15, 0.2) is 0 Å². The van der Waals surface area contributed by atoms with Gasteiger partial charge in [-0.1, -0.05) is 15.9 Å². The second kappa shape index (κ2) is 9.08. The Morgan fingerprint density at radius 2 is 1.92 bits per heavy atom. The van der Waals surface area contributed by atoms with E-state index in [0.717, 1.165) is 4.47 Å². The van der Waals surface area contributed by atoms with Crippen molar-refractivity contribution in [3.05, 3.63) is 40.5 Å². The first-order valence-electron chi connectivity index (χ1n) is 7.88. The maximum absolute atomic E-state index is 12.2. The fourth-order valence-corrected chi connectivity index (χ4v) is 2.57. The molecule has 0 bridgehead atoms. The minimum Gasteiger partial charge on any atom is -0.450 e. The number of amides is 2. The van der Waals surface area contributed by atoms with Crippen LogP contribution in [-0.2, 0) is 9.53 Å². The van der Waals surface area contributed by atoms with Crippen LogP contribution >= 0.6 is 15.9 Å². The first kappa shape index (κ1) is 18.8. The number of piperazine rings is 1. The second-order valence-electron chi connectivity index (χ2n) is 5.34. The van der Waals surface area contributed by atoms with Crippen molar-refractivity contribution >= 4 is 33.6 Å². The highest BCUT2D eigenvalue weighted by Crippen LogP contribution is 2.15. The van der Waals surface area contributed by atoms with E-state index in [9.17, 15) is 14.9 Å². The van der Waals surface area contributed by atoms with Crippen LogP contribution in [0.5, 0.6) is 0 Å². The number of ether oxygens (including phenoxy) is 1. The number of nitrogens with one attached hydrogen (secondary N) is 1. The van der Waals surface area contributed by atoms with Crippen molar-refractivity contribution < 1.29 is 14.3 Å². The smallest absolute Gasteiger partial charge is 0.409 e. The molecule has 1 aromatic carbocycles. The lowest BCUT2D eigenvalue weighted by molar-refractivity contribution is -0.112. The van der Waals surface area contributed by atoms with Gasteiger partial charge in [-0.3, -0.25) is 4.79 Å². The summed E-state index contributed by atoms with van der Waals surface area (Å²) in [6.45, 7) is 4.16. The Bertz CT molecular complexity index is 689. The quantitative estimate of drug-likeness (QED) is 0.613. The molecule has 1 aromatic rings. The fourth-order valence-electron chi connectivity index (χ4n) is 2.30. The van der Waals surface area contributed by atoms with Gasteiger partial charge in [0.1, 0.15) is 11.6 Å². The van der Waals surface area contributed by atoms with Gasteiger partial charge in [-0.15, -0.1) is 0 Å². The molecule has 0 atom stereocenters. The third-order valence-corrected chi connectivity index (χ3v) is 4.15. The van der Waals surface area contributed by atoms with Crippen LogP contribution in [0.1, 0.15) is 6.92 Å². The first-order valence-corrected chi connectivity index (χ1v) is 8.67. The van der Waals surface area contributed by atoms with Crippen molar-refractivity contribution in [3.8, 4) is 6.07 Å². The molecule has 0 saturated carbocycles. The van der Waals surface area contributed by atoms with Gasteiger partial charge in [0.25, 0.3) is 5.91 Å². The van der Waals surface area contributed by atoms with Crippen molar-refractivity contribution in [2.24, 2.45) is 0 Å². The summed E-state index contributed by atoms with van der Waals surface area (Å²) in [5, 5.41) is 12.0. The molecule has 0 radical (unpaired) electrons. The Kier molecular flexibility index (Phi) is 6.83. The molecule has 1 heterocycles. The van der Waals surface area contributed by atoms with Gasteiger partial charge in [0, 0.05) is 42.5 Å². The van der Waals surface area contributed by atoms with Crippen LogP contribution in [0.2, 0.25) is 0 Å². The third-order valence-electron chi connectivity index (χ3n) is 3.62. The molecule has 0 spiro atoms. The van der Waals surface area contributed by atoms with Crippen LogP contribution in [0.4, 0.5) is 10.5 Å². The standard InChI is InChI=1S/C17H19BrN4O3/c1-2-25-17(24)22-9-7-21(8-10-22)12-13(11-19)16(23)20-15-5-3-14(18)4-6-15/h3-6,12H,2,7-10H2,1H3,(H,20,23)/b13-12-. The summed E-state index contributed by atoms with van der Waals surface area (Å²) in [6, 6.07) is 9.03. The number of carbonyl (C=O) groups is 2. The van der Waals surface area contributed by atoms with Crippen molar-refractivity contribution in [3.63, 3.8) is 0 Å². The van der Waals surface area contributed by atoms with E-state index in [1.807, 2.05) is 11.0 Å². The SMILES string of the molecule is CCOC(=O)N1CCN(/C=C(/C#N)C(=O)Nc2ccc(Br)cc2)CC1. The summed E-state index contributed by atoms with van der Waals surface area (Å²) in [4.78, 5) is 27.4. The monoisotopic (exact) mass is 406 g/mol. The largest absolute Gasteiger partial charge is 0.450 e. The molecule has 1 aliphatic rings. The van der Waals surface area contributed by atoms with E-state index < -0.39 is 5.91 Å². The molecule has 1 fully saturated rings. The number of nitrogens with zero attached hydrogens (tertiary/aromatic N) is 3. The molecule has 132 valence electrons. The van der Waals surface area contributed by atoms with Crippen LogP contribution < -0.4 is 5.32 Å². The van der Waals surface area contributed by atoms with E-state index in [-0.39, 0.29) is 11.7 Å². The van der Waals surface area contributed by atoms with E-state index in [1.165, 1.54) is 6.20 Å². The molecule has 2 amide bonds. The number of hydrogen-bond donors (Lipinski definition) is 1. The van der Waals surface area contributed by atoms with Gasteiger partial charge in [0.05, 0.1) is 6.61 Å². The lowest BCUT2D eigenvalue weighted by Crippen LogP contribution is -2.47. The molecule has 2 rings (SSSR count). The number of hydrogen-bond acceptors (Lipinski definition) is 5. The summed E-state index contributed by atoms with van der Waals surface area (Å²) in [6.07, 6.45) is 1.20. The molecule has 0 unspecified atom stereocenters. The van der Waals surface area contributed by atoms with Gasteiger partial charge in [-0.2, -0.15) is 5.26 Å². The average molecular weight is 407 g/mol. The van der Waals surface area contributed by atoms with Gasteiger partial charge < -0.3 is 19.9 Å². The zero-order valence-corrected chi connectivity index (χ0v) is 15.5. The number of halogens is 1. The van der Waals surface area contributed by atoms with E-state index in [1.54, 1.807) is 36.1 Å². The Labute approximate surface area is 155 Å². The normalized spacial score (nSPS) is 14.7. The van der Waals surface area contributed by atoms with Crippen LogP contribution in [0.3, 0.4) is 0 Å². The van der Waals surface area contributed by atoms with E-state index in [0.29, 0.717) is 38.5 Å². The maximum Gasteiger partial charge on any atom is 0.409 e. The Hall–Kier alpha value is -2.53. The lowest BCUT2D eigenvalue weighted by atomic mass is 10.2. The van der Waals surface area contributed by atoms with Crippen molar-refractivity contribution in [1.29, 1.82) is 5.26 Å². The summed E-state index contributed by atoms with van der Waals surface area (Å²) >= 11 is 3.32. The highest BCUT2D eigenvalue weighted by atomic mass is 79.9. The van der Waals surface area contributed by atoms with Gasteiger partial charge in [-0.25, -0.2) is 4.79 Å². The van der Waals surface area contributed by atoms with Crippen LogP contribution in [0.25, 0.3) is 0 Å². The van der Waals surface area contributed by atoms with Crippen LogP contribution in [0.15, 0.2) is 40.5 Å². The summed E-state index contributed by atoms with van der Waals surface area (Å²) in [5.74, 6) is -0.461. The number of nitriles is 1. The molecule has 1 N–H and O–H groups in total. The van der Waals surface area contributed by atoms with E-state index >= 15 is 0 Å². The van der Waals surface area contributed by atoms with E-state index in [2.05, 4.69) is 21.2 Å². The zero-order chi connectivity index (χ0) is 18.2. The van der Waals surface area contributed by atoms with Gasteiger partial charge in [0.2, 0.25) is 0 Å². The molecule has 8 heteroatoms. The minimum absolute atomic E-state index is 0.0208. The first-order chi connectivity index (χ1) is 12.0. The van der Waals surface area contributed by atoms with Crippen LogP contribution in [-0.4, -0.2) is 54.6 Å². The highest BCUT2D eigenvalue weighted by molar-refractivity contribution is 9.10. The zero-order valence-electron chi connectivity index (χ0n) is 13.9. The molecule has 1 aliphatic heterocycles. The van der Waals surface area contributed by atoms with Crippen molar-refractivity contribution in [2.45, 2.75) is 6.92 Å². The molecule has 1 saturated heterocycles. The third kappa shape index (κ3) is 5.50. The van der Waals surface area contributed by atoms with E-state index in [4.69, 9.17) is 4.74 Å². The Balaban J connectivity index is 1.94. The van der Waals surface area contributed by atoms with Gasteiger partial charge >= 0.3 is 6.09 Å². The predicted octanol–water partition coefficient (Wildman–Crippen LogP) is 2.57. The lowest BCUT2D eigenvalue weighted by Gasteiger charge is -2.33. The average Bonchev–Trinajstić information content (AvgIpc) is 2.62. The Morgan fingerprint density at radius 1 is 1.28 bits per heavy atom. The van der Waals surface area contributed by atoms with Crippen molar-refractivity contribution in [1.82, 2.24) is 9.80 Å². The second-order valence-corrected chi connectivity index (χ2v) is 6.25. The highest BCUT2D eigenvalue weighted by Gasteiger charge is 2.21. The maximum atomic E-state index is 12.2. The predicted molar refractivity (Wildman–Crippen MR) is 96.6 cm³/mol. The molecular weight excluding hydrogens is 388 g/mol. The van der Waals surface area contributed by atoms with Crippen LogP contribution in [0, 0.1) is 11.3 Å². The molecular formula is C17H19BrN4O3. The summed E-state index contributed by atoms with van der Waals surface area (Å²) in [5.41, 5.74) is 0.633.